The number of benzene rings is 1. The number of rotatable bonds is 3. The van der Waals surface area contributed by atoms with Crippen LogP contribution in [0.3, 0.4) is 0 Å². The lowest BCUT2D eigenvalue weighted by atomic mass is 10.0. The summed E-state index contributed by atoms with van der Waals surface area (Å²) in [6.07, 6.45) is 1.66. The summed E-state index contributed by atoms with van der Waals surface area (Å²) in [7, 11) is -3.40. The molecule has 0 saturated carbocycles. The third-order valence-corrected chi connectivity index (χ3v) is 6.31. The van der Waals surface area contributed by atoms with Crippen molar-refractivity contribution in [1.29, 1.82) is 0 Å². The molecule has 0 N–H and O–H groups in total. The number of alkyl halides is 1. The van der Waals surface area contributed by atoms with Crippen molar-refractivity contribution in [2.24, 2.45) is 5.92 Å². The van der Waals surface area contributed by atoms with Crippen LogP contribution in [-0.2, 0) is 10.0 Å². The molecule has 0 aliphatic carbocycles. The van der Waals surface area contributed by atoms with Gasteiger partial charge in [-0.25, -0.2) is 8.42 Å². The highest BCUT2D eigenvalue weighted by molar-refractivity contribution is 7.89. The molecule has 3 nitrogen and oxygen atoms in total. The Balaban J connectivity index is 2.21. The normalized spacial score (nSPS) is 18.7. The van der Waals surface area contributed by atoms with Crippen LogP contribution < -0.4 is 0 Å². The fourth-order valence-electron chi connectivity index (χ4n) is 2.23. The van der Waals surface area contributed by atoms with Crippen molar-refractivity contribution >= 4 is 33.2 Å². The van der Waals surface area contributed by atoms with Crippen LogP contribution in [0.1, 0.15) is 18.4 Å². The summed E-state index contributed by atoms with van der Waals surface area (Å²) < 4.78 is 26.5. The molecule has 106 valence electrons. The molecule has 0 radical (unpaired) electrons. The van der Waals surface area contributed by atoms with Crippen molar-refractivity contribution in [2.45, 2.75) is 24.7 Å². The summed E-state index contributed by atoms with van der Waals surface area (Å²) in [6, 6.07) is 4.83. The Hall–Kier alpha value is -0.290. The summed E-state index contributed by atoms with van der Waals surface area (Å²) >= 11 is 11.7. The monoisotopic (exact) mass is 321 g/mol. The quantitative estimate of drug-likeness (QED) is 0.801. The predicted molar refractivity (Wildman–Crippen MR) is 78.4 cm³/mol. The fraction of sp³-hybridized carbons (Fsp3) is 0.538. The van der Waals surface area contributed by atoms with Gasteiger partial charge < -0.3 is 0 Å². The summed E-state index contributed by atoms with van der Waals surface area (Å²) in [4.78, 5) is 0.318. The van der Waals surface area contributed by atoms with Crippen molar-refractivity contribution in [1.82, 2.24) is 4.31 Å². The van der Waals surface area contributed by atoms with Crippen LogP contribution in [0.5, 0.6) is 0 Å². The van der Waals surface area contributed by atoms with Crippen LogP contribution >= 0.6 is 23.2 Å². The van der Waals surface area contributed by atoms with Gasteiger partial charge in [-0.2, -0.15) is 4.31 Å². The van der Waals surface area contributed by atoms with E-state index in [0.717, 1.165) is 18.4 Å². The van der Waals surface area contributed by atoms with E-state index >= 15 is 0 Å². The number of hydrogen-bond acceptors (Lipinski definition) is 2. The van der Waals surface area contributed by atoms with E-state index in [9.17, 15) is 8.42 Å². The zero-order valence-electron chi connectivity index (χ0n) is 10.8. The lowest BCUT2D eigenvalue weighted by Crippen LogP contribution is -2.38. The minimum atomic E-state index is -3.40. The Morgan fingerprint density at radius 3 is 2.47 bits per heavy atom. The van der Waals surface area contributed by atoms with Crippen molar-refractivity contribution in [3.05, 3.63) is 28.8 Å². The molecule has 2 rings (SSSR count). The second-order valence-electron chi connectivity index (χ2n) is 4.91. The largest absolute Gasteiger partial charge is 0.243 e. The summed E-state index contributed by atoms with van der Waals surface area (Å²) in [5.74, 6) is 1.04. The number of piperidine rings is 1. The Kier molecular flexibility index (Phi) is 4.77. The van der Waals surface area contributed by atoms with Gasteiger partial charge in [0.15, 0.2) is 0 Å². The molecule has 0 amide bonds. The van der Waals surface area contributed by atoms with Gasteiger partial charge in [0.1, 0.15) is 0 Å². The van der Waals surface area contributed by atoms with E-state index in [4.69, 9.17) is 23.2 Å². The molecule has 0 atom stereocenters. The Bertz CT molecular complexity index is 552. The van der Waals surface area contributed by atoms with Crippen LogP contribution in [-0.4, -0.2) is 31.7 Å². The lowest BCUT2D eigenvalue weighted by Gasteiger charge is -2.30. The minimum absolute atomic E-state index is 0.318. The topological polar surface area (TPSA) is 37.4 Å². The number of hydrogen-bond donors (Lipinski definition) is 0. The van der Waals surface area contributed by atoms with Gasteiger partial charge in [-0.15, -0.1) is 11.6 Å². The van der Waals surface area contributed by atoms with E-state index in [1.165, 1.54) is 0 Å². The van der Waals surface area contributed by atoms with Crippen LogP contribution in [0.4, 0.5) is 0 Å². The molecule has 0 aromatic heterocycles. The molecule has 1 aromatic rings. The average molecular weight is 322 g/mol. The van der Waals surface area contributed by atoms with Crippen molar-refractivity contribution in [3.63, 3.8) is 0 Å². The van der Waals surface area contributed by atoms with E-state index in [1.807, 2.05) is 0 Å². The van der Waals surface area contributed by atoms with E-state index < -0.39 is 10.0 Å². The zero-order chi connectivity index (χ0) is 14.0. The number of sulfonamides is 1. The smallest absolute Gasteiger partial charge is 0.207 e. The second-order valence-corrected chi connectivity index (χ2v) is 7.57. The lowest BCUT2D eigenvalue weighted by molar-refractivity contribution is 0.290. The highest BCUT2D eigenvalue weighted by Crippen LogP contribution is 2.26. The van der Waals surface area contributed by atoms with Crippen LogP contribution in [0, 0.1) is 12.8 Å². The van der Waals surface area contributed by atoms with Gasteiger partial charge in [-0.3, -0.25) is 0 Å². The third-order valence-electron chi connectivity index (χ3n) is 3.56. The minimum Gasteiger partial charge on any atom is -0.207 e. The SMILES string of the molecule is Cc1cc(S(=O)(=O)N2CCC(CCl)CC2)ccc1Cl. The number of nitrogens with zero attached hydrogens (tertiary/aromatic N) is 1. The van der Waals surface area contributed by atoms with Crippen molar-refractivity contribution in [3.8, 4) is 0 Å². The highest BCUT2D eigenvalue weighted by Gasteiger charge is 2.29. The van der Waals surface area contributed by atoms with Crippen molar-refractivity contribution < 1.29 is 8.42 Å². The maximum absolute atomic E-state index is 12.5. The van der Waals surface area contributed by atoms with Crippen molar-refractivity contribution in [2.75, 3.05) is 19.0 Å². The summed E-state index contributed by atoms with van der Waals surface area (Å²) in [6.45, 7) is 2.89. The molecule has 1 fully saturated rings. The van der Waals surface area contributed by atoms with Crippen LogP contribution in [0.2, 0.25) is 5.02 Å². The molecule has 1 saturated heterocycles. The Morgan fingerprint density at radius 1 is 1.32 bits per heavy atom. The van der Waals surface area contributed by atoms with E-state index in [0.29, 0.717) is 34.8 Å². The molecule has 0 spiro atoms. The first-order valence-corrected chi connectivity index (χ1v) is 8.62. The molecule has 1 heterocycles. The molecule has 1 aromatic carbocycles. The molecular weight excluding hydrogens is 305 g/mol. The van der Waals surface area contributed by atoms with E-state index in [2.05, 4.69) is 0 Å². The maximum Gasteiger partial charge on any atom is 0.243 e. The second kappa shape index (κ2) is 6.00. The van der Waals surface area contributed by atoms with Gasteiger partial charge in [-0.05, 0) is 49.4 Å². The zero-order valence-corrected chi connectivity index (χ0v) is 13.1. The van der Waals surface area contributed by atoms with Crippen LogP contribution in [0.15, 0.2) is 23.1 Å². The predicted octanol–water partition coefficient (Wildman–Crippen LogP) is 3.29. The average Bonchev–Trinajstić information content (AvgIpc) is 2.41. The molecule has 0 unspecified atom stereocenters. The van der Waals surface area contributed by atoms with E-state index in [-0.39, 0.29) is 0 Å². The van der Waals surface area contributed by atoms with Gasteiger partial charge in [-0.1, -0.05) is 11.6 Å². The van der Waals surface area contributed by atoms with Crippen LogP contribution in [0.25, 0.3) is 0 Å². The summed E-state index contributed by atoms with van der Waals surface area (Å²) in [5.41, 5.74) is 0.776. The summed E-state index contributed by atoms with van der Waals surface area (Å²) in [5, 5.41) is 0.583. The Labute approximate surface area is 124 Å². The van der Waals surface area contributed by atoms with Gasteiger partial charge in [0.25, 0.3) is 0 Å². The molecule has 6 heteroatoms. The third kappa shape index (κ3) is 3.24. The van der Waals surface area contributed by atoms with Gasteiger partial charge in [0.05, 0.1) is 4.90 Å². The first kappa shape index (κ1) is 15.1. The number of halogens is 2. The highest BCUT2D eigenvalue weighted by atomic mass is 35.5. The molecule has 1 aliphatic rings. The van der Waals surface area contributed by atoms with Gasteiger partial charge in [0, 0.05) is 24.0 Å². The molecule has 19 heavy (non-hydrogen) atoms. The maximum atomic E-state index is 12.5. The first-order valence-electron chi connectivity index (χ1n) is 6.27. The number of aryl methyl sites for hydroxylation is 1. The molecule has 0 bridgehead atoms. The van der Waals surface area contributed by atoms with Gasteiger partial charge in [0.2, 0.25) is 10.0 Å². The fourth-order valence-corrected chi connectivity index (χ4v) is 4.21. The Morgan fingerprint density at radius 2 is 1.95 bits per heavy atom. The molecule has 1 aliphatic heterocycles. The van der Waals surface area contributed by atoms with Gasteiger partial charge >= 0.3 is 0 Å². The molecular formula is C13H17Cl2NO2S. The first-order chi connectivity index (χ1) is 8.95. The van der Waals surface area contributed by atoms with E-state index in [1.54, 1.807) is 29.4 Å². The standard InChI is InChI=1S/C13H17Cl2NO2S/c1-10-8-12(2-3-13(10)15)19(17,18)16-6-4-11(9-14)5-7-16/h2-3,8,11H,4-7,9H2,1H3.